The molecule has 0 bridgehead atoms. The zero-order chi connectivity index (χ0) is 13.1. The topological polar surface area (TPSA) is 29.9 Å². The second-order valence-corrected chi connectivity index (χ2v) is 5.13. The average Bonchev–Trinajstić information content (AvgIpc) is 2.90. The molecule has 1 rings (SSSR count). The summed E-state index contributed by atoms with van der Waals surface area (Å²) in [5, 5.41) is 3.60. The lowest BCUT2D eigenvalue weighted by Gasteiger charge is -2.15. The highest BCUT2D eigenvalue weighted by atomic mass is 15.0. The van der Waals surface area contributed by atoms with E-state index >= 15 is 0 Å². The first-order valence-corrected chi connectivity index (χ1v) is 7.53. The fourth-order valence-corrected chi connectivity index (χ4v) is 2.21. The van der Waals surface area contributed by atoms with Gasteiger partial charge in [0.05, 0.1) is 6.33 Å². The first-order chi connectivity index (χ1) is 8.86. The summed E-state index contributed by atoms with van der Waals surface area (Å²) in [4.78, 5) is 4.05. The van der Waals surface area contributed by atoms with Crippen molar-refractivity contribution >= 4 is 0 Å². The van der Waals surface area contributed by atoms with Gasteiger partial charge in [-0.05, 0) is 38.3 Å². The normalized spacial score (nSPS) is 12.8. The number of hydrogen-bond donors (Lipinski definition) is 1. The van der Waals surface area contributed by atoms with E-state index in [2.05, 4.69) is 28.7 Å². The van der Waals surface area contributed by atoms with Crippen molar-refractivity contribution in [1.29, 1.82) is 0 Å². The summed E-state index contributed by atoms with van der Waals surface area (Å²) >= 11 is 0. The van der Waals surface area contributed by atoms with E-state index in [0.29, 0.717) is 0 Å². The van der Waals surface area contributed by atoms with Crippen molar-refractivity contribution in [2.75, 3.05) is 13.1 Å². The van der Waals surface area contributed by atoms with Gasteiger partial charge in [-0.1, -0.05) is 33.1 Å². The van der Waals surface area contributed by atoms with Gasteiger partial charge in [0.15, 0.2) is 0 Å². The molecule has 0 amide bonds. The number of rotatable bonds is 11. The molecule has 1 heterocycles. The molecule has 1 atom stereocenters. The average molecular weight is 251 g/mol. The maximum atomic E-state index is 4.05. The molecular weight excluding hydrogens is 222 g/mol. The third kappa shape index (κ3) is 6.80. The predicted octanol–water partition coefficient (Wildman–Crippen LogP) is 3.47. The molecule has 1 aromatic rings. The SMILES string of the molecule is CCCCC(CC)CNCCCCn1ccnc1. The van der Waals surface area contributed by atoms with Crippen LogP contribution >= 0.6 is 0 Å². The van der Waals surface area contributed by atoms with Crippen LogP contribution in [0.25, 0.3) is 0 Å². The van der Waals surface area contributed by atoms with Crippen LogP contribution in [0, 0.1) is 5.92 Å². The summed E-state index contributed by atoms with van der Waals surface area (Å²) in [7, 11) is 0. The summed E-state index contributed by atoms with van der Waals surface area (Å²) in [6.07, 6.45) is 13.6. The number of hydrogen-bond acceptors (Lipinski definition) is 2. The van der Waals surface area contributed by atoms with Crippen molar-refractivity contribution in [3.8, 4) is 0 Å². The zero-order valence-corrected chi connectivity index (χ0v) is 12.1. The molecule has 3 nitrogen and oxygen atoms in total. The highest BCUT2D eigenvalue weighted by molar-refractivity contribution is 4.73. The molecule has 1 aromatic heterocycles. The number of aryl methyl sites for hydroxylation is 1. The minimum Gasteiger partial charge on any atom is -0.337 e. The van der Waals surface area contributed by atoms with Crippen LogP contribution in [-0.2, 0) is 6.54 Å². The van der Waals surface area contributed by atoms with Crippen LogP contribution in [0.1, 0.15) is 52.4 Å². The van der Waals surface area contributed by atoms with E-state index in [4.69, 9.17) is 0 Å². The quantitative estimate of drug-likeness (QED) is 0.610. The molecule has 0 aliphatic heterocycles. The van der Waals surface area contributed by atoms with Crippen LogP contribution in [-0.4, -0.2) is 22.6 Å². The minimum atomic E-state index is 0.874. The van der Waals surface area contributed by atoms with Gasteiger partial charge in [-0.2, -0.15) is 0 Å². The molecular formula is C15H29N3. The molecule has 18 heavy (non-hydrogen) atoms. The van der Waals surface area contributed by atoms with E-state index in [-0.39, 0.29) is 0 Å². The van der Waals surface area contributed by atoms with Gasteiger partial charge in [0.25, 0.3) is 0 Å². The smallest absolute Gasteiger partial charge is 0.0945 e. The van der Waals surface area contributed by atoms with E-state index in [9.17, 15) is 0 Å². The van der Waals surface area contributed by atoms with Gasteiger partial charge >= 0.3 is 0 Å². The molecule has 0 spiro atoms. The van der Waals surface area contributed by atoms with Crippen molar-refractivity contribution in [2.24, 2.45) is 5.92 Å². The molecule has 0 aromatic carbocycles. The van der Waals surface area contributed by atoms with Crippen molar-refractivity contribution in [3.63, 3.8) is 0 Å². The predicted molar refractivity (Wildman–Crippen MR) is 77.6 cm³/mol. The molecule has 1 N–H and O–H groups in total. The van der Waals surface area contributed by atoms with Crippen LogP contribution in [0.15, 0.2) is 18.7 Å². The Hall–Kier alpha value is -0.830. The zero-order valence-electron chi connectivity index (χ0n) is 12.1. The number of aromatic nitrogens is 2. The monoisotopic (exact) mass is 251 g/mol. The molecule has 0 radical (unpaired) electrons. The Bertz CT molecular complexity index is 269. The van der Waals surface area contributed by atoms with Crippen molar-refractivity contribution in [2.45, 2.75) is 58.9 Å². The highest BCUT2D eigenvalue weighted by Crippen LogP contribution is 2.11. The molecule has 0 saturated heterocycles. The number of unbranched alkanes of at least 4 members (excludes halogenated alkanes) is 2. The largest absolute Gasteiger partial charge is 0.337 e. The van der Waals surface area contributed by atoms with Gasteiger partial charge < -0.3 is 9.88 Å². The van der Waals surface area contributed by atoms with Crippen LogP contribution in [0.4, 0.5) is 0 Å². The first kappa shape index (κ1) is 15.2. The lowest BCUT2D eigenvalue weighted by molar-refractivity contribution is 0.415. The van der Waals surface area contributed by atoms with Crippen molar-refractivity contribution in [1.82, 2.24) is 14.9 Å². The van der Waals surface area contributed by atoms with Crippen LogP contribution < -0.4 is 5.32 Å². The van der Waals surface area contributed by atoms with Gasteiger partial charge in [-0.3, -0.25) is 0 Å². The Kier molecular flexibility index (Phi) is 8.57. The molecule has 0 saturated carbocycles. The Morgan fingerprint density at radius 1 is 1.22 bits per heavy atom. The lowest BCUT2D eigenvalue weighted by Crippen LogP contribution is -2.23. The first-order valence-electron chi connectivity index (χ1n) is 7.53. The fourth-order valence-electron chi connectivity index (χ4n) is 2.21. The third-order valence-electron chi connectivity index (χ3n) is 3.56. The summed E-state index contributed by atoms with van der Waals surface area (Å²) in [6.45, 7) is 8.02. The van der Waals surface area contributed by atoms with Crippen molar-refractivity contribution < 1.29 is 0 Å². The molecule has 0 fully saturated rings. The third-order valence-corrected chi connectivity index (χ3v) is 3.56. The van der Waals surface area contributed by atoms with Gasteiger partial charge in [0, 0.05) is 18.9 Å². The van der Waals surface area contributed by atoms with E-state index < -0.39 is 0 Å². The highest BCUT2D eigenvalue weighted by Gasteiger charge is 2.04. The van der Waals surface area contributed by atoms with E-state index in [1.54, 1.807) is 0 Å². The lowest BCUT2D eigenvalue weighted by atomic mass is 9.99. The molecule has 0 aliphatic carbocycles. The van der Waals surface area contributed by atoms with E-state index in [1.165, 1.54) is 45.1 Å². The van der Waals surface area contributed by atoms with Gasteiger partial charge in [0.1, 0.15) is 0 Å². The summed E-state index contributed by atoms with van der Waals surface area (Å²) in [5.41, 5.74) is 0. The van der Waals surface area contributed by atoms with E-state index in [0.717, 1.165) is 19.0 Å². The Morgan fingerprint density at radius 2 is 2.11 bits per heavy atom. The summed E-state index contributed by atoms with van der Waals surface area (Å²) < 4.78 is 2.15. The number of nitrogens with one attached hydrogen (secondary N) is 1. The number of imidazole rings is 1. The Labute approximate surface area is 112 Å². The van der Waals surface area contributed by atoms with Gasteiger partial charge in [0.2, 0.25) is 0 Å². The Morgan fingerprint density at radius 3 is 2.78 bits per heavy atom. The maximum absolute atomic E-state index is 4.05. The fraction of sp³-hybridized carbons (Fsp3) is 0.800. The summed E-state index contributed by atoms with van der Waals surface area (Å²) in [5.74, 6) is 0.874. The van der Waals surface area contributed by atoms with Gasteiger partial charge in [-0.25, -0.2) is 4.98 Å². The molecule has 3 heteroatoms. The van der Waals surface area contributed by atoms with Crippen molar-refractivity contribution in [3.05, 3.63) is 18.7 Å². The van der Waals surface area contributed by atoms with Crippen LogP contribution in [0.3, 0.4) is 0 Å². The van der Waals surface area contributed by atoms with E-state index in [1.807, 2.05) is 18.7 Å². The second-order valence-electron chi connectivity index (χ2n) is 5.13. The van der Waals surface area contributed by atoms with Crippen LogP contribution in [0.5, 0.6) is 0 Å². The second kappa shape index (κ2) is 10.1. The van der Waals surface area contributed by atoms with Gasteiger partial charge in [-0.15, -0.1) is 0 Å². The Balaban J connectivity index is 1.93. The molecule has 104 valence electrons. The van der Waals surface area contributed by atoms with Crippen LogP contribution in [0.2, 0.25) is 0 Å². The molecule has 1 unspecified atom stereocenters. The number of nitrogens with zero attached hydrogens (tertiary/aromatic N) is 2. The minimum absolute atomic E-state index is 0.874. The standard InChI is InChI=1S/C15H29N3/c1-3-5-8-15(4-2)13-16-9-6-7-11-18-12-10-17-14-18/h10,12,14-16H,3-9,11,13H2,1-2H3. The molecule has 0 aliphatic rings. The summed E-state index contributed by atoms with van der Waals surface area (Å²) in [6, 6.07) is 0. The maximum Gasteiger partial charge on any atom is 0.0945 e.